The number of carbonyl (C=O) groups is 1. The molecule has 0 aliphatic rings. The zero-order valence-electron chi connectivity index (χ0n) is 11.6. The number of halogens is 1. The topological polar surface area (TPSA) is 77.8 Å². The van der Waals surface area contributed by atoms with Gasteiger partial charge in [0, 0.05) is 12.7 Å². The molecule has 1 amide bonds. The molecule has 0 unspecified atom stereocenters. The number of benzene rings is 1. The first-order valence-electron chi connectivity index (χ1n) is 6.21. The standard InChI is InChI=1S/C15H13ClN4O/c1-9-3-4-10(8-17)7-12(9)19-15(21)14-11(16)5-6-13(18-2)20-14/h3-7H,1-2H3,(H,18,20)(H,19,21). The van der Waals surface area contributed by atoms with Crippen LogP contribution in [0.5, 0.6) is 0 Å². The van der Waals surface area contributed by atoms with E-state index in [9.17, 15) is 4.79 Å². The van der Waals surface area contributed by atoms with E-state index in [1.807, 2.05) is 13.0 Å². The summed E-state index contributed by atoms with van der Waals surface area (Å²) in [6, 6.07) is 10.4. The number of hydrogen-bond donors (Lipinski definition) is 2. The van der Waals surface area contributed by atoms with Gasteiger partial charge in [0.15, 0.2) is 0 Å². The van der Waals surface area contributed by atoms with Gasteiger partial charge in [0.05, 0.1) is 16.7 Å². The number of nitriles is 1. The minimum Gasteiger partial charge on any atom is -0.373 e. The molecular weight excluding hydrogens is 288 g/mol. The average Bonchev–Trinajstić information content (AvgIpc) is 2.49. The number of hydrogen-bond acceptors (Lipinski definition) is 4. The maximum Gasteiger partial charge on any atom is 0.275 e. The van der Waals surface area contributed by atoms with E-state index < -0.39 is 5.91 Å². The van der Waals surface area contributed by atoms with Crippen molar-refractivity contribution in [2.45, 2.75) is 6.92 Å². The fourth-order valence-electron chi connectivity index (χ4n) is 1.75. The Hall–Kier alpha value is -2.58. The summed E-state index contributed by atoms with van der Waals surface area (Å²) in [5.41, 5.74) is 2.01. The number of carbonyl (C=O) groups excluding carboxylic acids is 1. The first-order valence-corrected chi connectivity index (χ1v) is 6.59. The quantitative estimate of drug-likeness (QED) is 0.912. The highest BCUT2D eigenvalue weighted by Crippen LogP contribution is 2.21. The summed E-state index contributed by atoms with van der Waals surface area (Å²) in [5.74, 6) is 0.127. The van der Waals surface area contributed by atoms with E-state index in [2.05, 4.69) is 15.6 Å². The smallest absolute Gasteiger partial charge is 0.275 e. The Labute approximate surface area is 127 Å². The van der Waals surface area contributed by atoms with Crippen molar-refractivity contribution in [1.29, 1.82) is 5.26 Å². The molecule has 2 aromatic rings. The molecule has 1 aromatic heterocycles. The summed E-state index contributed by atoms with van der Waals surface area (Å²) >= 11 is 6.01. The summed E-state index contributed by atoms with van der Waals surface area (Å²) in [6.45, 7) is 1.84. The number of nitrogens with zero attached hydrogens (tertiary/aromatic N) is 2. The molecule has 1 aromatic carbocycles. The molecule has 21 heavy (non-hydrogen) atoms. The second-order valence-electron chi connectivity index (χ2n) is 4.37. The highest BCUT2D eigenvalue weighted by molar-refractivity contribution is 6.34. The van der Waals surface area contributed by atoms with E-state index in [4.69, 9.17) is 16.9 Å². The summed E-state index contributed by atoms with van der Waals surface area (Å²) in [5, 5.41) is 14.8. The van der Waals surface area contributed by atoms with Gasteiger partial charge in [0.2, 0.25) is 0 Å². The molecule has 2 N–H and O–H groups in total. The molecule has 0 aliphatic heterocycles. The summed E-state index contributed by atoms with van der Waals surface area (Å²) in [4.78, 5) is 16.4. The van der Waals surface area contributed by atoms with E-state index in [0.29, 0.717) is 17.1 Å². The van der Waals surface area contributed by atoms with Crippen LogP contribution < -0.4 is 10.6 Å². The van der Waals surface area contributed by atoms with Crippen molar-refractivity contribution in [3.8, 4) is 6.07 Å². The SMILES string of the molecule is CNc1ccc(Cl)c(C(=O)Nc2cc(C#N)ccc2C)n1. The van der Waals surface area contributed by atoms with Gasteiger partial charge in [-0.1, -0.05) is 17.7 Å². The van der Waals surface area contributed by atoms with E-state index in [0.717, 1.165) is 5.56 Å². The predicted molar refractivity (Wildman–Crippen MR) is 82.6 cm³/mol. The van der Waals surface area contributed by atoms with Crippen LogP contribution in [0.4, 0.5) is 11.5 Å². The van der Waals surface area contributed by atoms with Crippen LogP contribution in [0.2, 0.25) is 5.02 Å². The zero-order valence-corrected chi connectivity index (χ0v) is 12.3. The Morgan fingerprint density at radius 1 is 1.33 bits per heavy atom. The van der Waals surface area contributed by atoms with Gasteiger partial charge < -0.3 is 10.6 Å². The molecule has 5 nitrogen and oxygen atoms in total. The van der Waals surface area contributed by atoms with Crippen LogP contribution in [0.1, 0.15) is 21.6 Å². The number of nitrogens with one attached hydrogen (secondary N) is 2. The molecule has 1 heterocycles. The van der Waals surface area contributed by atoms with Crippen LogP contribution in [0.3, 0.4) is 0 Å². The third-order valence-corrected chi connectivity index (χ3v) is 3.24. The molecule has 0 saturated heterocycles. The maximum atomic E-state index is 12.3. The van der Waals surface area contributed by atoms with Crippen molar-refractivity contribution >= 4 is 29.0 Å². The van der Waals surface area contributed by atoms with E-state index in [1.54, 1.807) is 37.4 Å². The molecule has 0 radical (unpaired) electrons. The van der Waals surface area contributed by atoms with Gasteiger partial charge in [-0.3, -0.25) is 4.79 Å². The van der Waals surface area contributed by atoms with Crippen molar-refractivity contribution in [2.75, 3.05) is 17.7 Å². The Kier molecular flexibility index (Phi) is 4.41. The van der Waals surface area contributed by atoms with Gasteiger partial charge in [0.1, 0.15) is 11.5 Å². The van der Waals surface area contributed by atoms with Gasteiger partial charge in [-0.05, 0) is 36.8 Å². The first-order chi connectivity index (χ1) is 10.0. The molecule has 6 heteroatoms. The van der Waals surface area contributed by atoms with Crippen molar-refractivity contribution in [3.05, 3.63) is 52.2 Å². The minimum absolute atomic E-state index is 0.130. The number of anilines is 2. The lowest BCUT2D eigenvalue weighted by atomic mass is 10.1. The van der Waals surface area contributed by atoms with Gasteiger partial charge >= 0.3 is 0 Å². The van der Waals surface area contributed by atoms with Crippen LogP contribution in [0, 0.1) is 18.3 Å². The molecule has 106 valence electrons. The van der Waals surface area contributed by atoms with Crippen LogP contribution in [-0.2, 0) is 0 Å². The average molecular weight is 301 g/mol. The fraction of sp³-hybridized carbons (Fsp3) is 0.133. The highest BCUT2D eigenvalue weighted by Gasteiger charge is 2.14. The molecule has 0 atom stereocenters. The Bertz CT molecular complexity index is 737. The molecule has 0 fully saturated rings. The molecule has 0 bridgehead atoms. The van der Waals surface area contributed by atoms with Crippen molar-refractivity contribution < 1.29 is 4.79 Å². The molecular formula is C15H13ClN4O. The predicted octanol–water partition coefficient (Wildman–Crippen LogP) is 3.21. The van der Waals surface area contributed by atoms with Crippen LogP contribution >= 0.6 is 11.6 Å². The third-order valence-electron chi connectivity index (χ3n) is 2.93. The Balaban J connectivity index is 2.32. The van der Waals surface area contributed by atoms with E-state index >= 15 is 0 Å². The van der Waals surface area contributed by atoms with Crippen LogP contribution in [-0.4, -0.2) is 17.9 Å². The Morgan fingerprint density at radius 2 is 2.10 bits per heavy atom. The highest BCUT2D eigenvalue weighted by atomic mass is 35.5. The number of pyridine rings is 1. The van der Waals surface area contributed by atoms with E-state index in [-0.39, 0.29) is 10.7 Å². The van der Waals surface area contributed by atoms with Crippen LogP contribution in [0.15, 0.2) is 30.3 Å². The molecule has 0 aliphatic carbocycles. The number of aryl methyl sites for hydroxylation is 1. The zero-order chi connectivity index (χ0) is 15.4. The Morgan fingerprint density at radius 3 is 2.76 bits per heavy atom. The number of aromatic nitrogens is 1. The van der Waals surface area contributed by atoms with Crippen molar-refractivity contribution in [1.82, 2.24) is 4.98 Å². The van der Waals surface area contributed by atoms with Crippen molar-refractivity contribution in [3.63, 3.8) is 0 Å². The van der Waals surface area contributed by atoms with Crippen LogP contribution in [0.25, 0.3) is 0 Å². The molecule has 0 spiro atoms. The largest absolute Gasteiger partial charge is 0.373 e. The lowest BCUT2D eigenvalue weighted by Crippen LogP contribution is -2.16. The maximum absolute atomic E-state index is 12.3. The summed E-state index contributed by atoms with van der Waals surface area (Å²) in [6.07, 6.45) is 0. The lowest BCUT2D eigenvalue weighted by molar-refractivity contribution is 0.102. The normalized spacial score (nSPS) is 9.81. The number of rotatable bonds is 3. The van der Waals surface area contributed by atoms with Gasteiger partial charge in [-0.25, -0.2) is 4.98 Å². The lowest BCUT2D eigenvalue weighted by Gasteiger charge is -2.10. The van der Waals surface area contributed by atoms with Gasteiger partial charge in [-0.15, -0.1) is 0 Å². The number of amides is 1. The monoisotopic (exact) mass is 300 g/mol. The third kappa shape index (κ3) is 3.30. The molecule has 0 saturated carbocycles. The second kappa shape index (κ2) is 6.25. The van der Waals surface area contributed by atoms with Gasteiger partial charge in [0.25, 0.3) is 5.91 Å². The molecule has 2 rings (SSSR count). The van der Waals surface area contributed by atoms with Gasteiger partial charge in [-0.2, -0.15) is 5.26 Å². The second-order valence-corrected chi connectivity index (χ2v) is 4.78. The van der Waals surface area contributed by atoms with Crippen molar-refractivity contribution in [2.24, 2.45) is 0 Å². The summed E-state index contributed by atoms with van der Waals surface area (Å²) < 4.78 is 0. The van der Waals surface area contributed by atoms with E-state index in [1.165, 1.54) is 0 Å². The minimum atomic E-state index is -0.421. The summed E-state index contributed by atoms with van der Waals surface area (Å²) in [7, 11) is 1.71. The fourth-order valence-corrected chi connectivity index (χ4v) is 1.94. The first kappa shape index (κ1) is 14.8.